The van der Waals surface area contributed by atoms with Gasteiger partial charge in [-0.05, 0) is 44.5 Å². The van der Waals surface area contributed by atoms with Gasteiger partial charge in [-0.2, -0.15) is 4.31 Å². The van der Waals surface area contributed by atoms with Crippen LogP contribution in [-0.4, -0.2) is 56.3 Å². The zero-order chi connectivity index (χ0) is 20.3. The Kier molecular flexibility index (Phi) is 6.22. The maximum absolute atomic E-state index is 12.9. The average molecular weight is 407 g/mol. The second-order valence-electron chi connectivity index (χ2n) is 7.30. The first-order chi connectivity index (χ1) is 13.3. The van der Waals surface area contributed by atoms with E-state index in [4.69, 9.17) is 4.42 Å². The van der Waals surface area contributed by atoms with Gasteiger partial charge >= 0.3 is 0 Å². The first-order valence-electron chi connectivity index (χ1n) is 9.51. The Morgan fingerprint density at radius 2 is 1.89 bits per heavy atom. The summed E-state index contributed by atoms with van der Waals surface area (Å²) in [6.45, 7) is 7.50. The molecule has 7 nitrogen and oxygen atoms in total. The lowest BCUT2D eigenvalue weighted by Crippen LogP contribution is -2.87. The van der Waals surface area contributed by atoms with Crippen molar-refractivity contribution in [2.75, 3.05) is 32.7 Å². The summed E-state index contributed by atoms with van der Waals surface area (Å²) in [7, 11) is -3.54. The van der Waals surface area contributed by atoms with Crippen LogP contribution in [-0.2, 0) is 14.8 Å². The van der Waals surface area contributed by atoms with Crippen LogP contribution in [0.25, 0.3) is 0 Å². The van der Waals surface area contributed by atoms with Crippen molar-refractivity contribution < 1.29 is 22.9 Å². The van der Waals surface area contributed by atoms with Crippen molar-refractivity contribution in [3.8, 4) is 0 Å². The molecule has 0 bridgehead atoms. The molecule has 0 spiro atoms. The minimum absolute atomic E-state index is 0.0157. The fourth-order valence-corrected chi connectivity index (χ4v) is 5.11. The number of sulfonamides is 1. The molecule has 0 unspecified atom stereocenters. The summed E-state index contributed by atoms with van der Waals surface area (Å²) >= 11 is 0. The molecular formula is C20H28N3O4S+. The molecular weight excluding hydrogens is 378 g/mol. The SMILES string of the molecule is Cc1ccc(S(=O)(=O)N2CCN(C(=O)C[NH2+][C@H](C)c3ccco3)CC2)c(C)c1. The van der Waals surface area contributed by atoms with Crippen molar-refractivity contribution in [1.82, 2.24) is 9.21 Å². The predicted octanol–water partition coefficient (Wildman–Crippen LogP) is 1.05. The molecule has 1 aromatic carbocycles. The smallest absolute Gasteiger partial charge is 0.277 e. The molecule has 2 aromatic rings. The van der Waals surface area contributed by atoms with Crippen molar-refractivity contribution in [3.63, 3.8) is 0 Å². The highest BCUT2D eigenvalue weighted by atomic mass is 32.2. The molecule has 28 heavy (non-hydrogen) atoms. The van der Waals surface area contributed by atoms with E-state index in [1.807, 2.05) is 50.4 Å². The van der Waals surface area contributed by atoms with Crippen LogP contribution < -0.4 is 5.32 Å². The fourth-order valence-electron chi connectivity index (χ4n) is 3.48. The molecule has 1 aromatic heterocycles. The number of piperazine rings is 1. The van der Waals surface area contributed by atoms with E-state index in [9.17, 15) is 13.2 Å². The highest BCUT2D eigenvalue weighted by Gasteiger charge is 2.31. The van der Waals surface area contributed by atoms with Gasteiger partial charge in [-0.3, -0.25) is 4.79 Å². The van der Waals surface area contributed by atoms with E-state index in [-0.39, 0.29) is 11.9 Å². The van der Waals surface area contributed by atoms with E-state index in [1.54, 1.807) is 17.2 Å². The quantitative estimate of drug-likeness (QED) is 0.777. The number of nitrogens with zero attached hydrogens (tertiary/aromatic N) is 2. The minimum Gasteiger partial charge on any atom is -0.463 e. The second-order valence-corrected chi connectivity index (χ2v) is 9.20. The third kappa shape index (κ3) is 4.45. The topological polar surface area (TPSA) is 87.4 Å². The number of nitrogens with two attached hydrogens (primary N) is 1. The van der Waals surface area contributed by atoms with Gasteiger partial charge in [0.1, 0.15) is 6.04 Å². The van der Waals surface area contributed by atoms with Gasteiger partial charge in [-0.25, -0.2) is 8.42 Å². The molecule has 1 amide bonds. The first kappa shape index (κ1) is 20.6. The maximum Gasteiger partial charge on any atom is 0.277 e. The zero-order valence-corrected chi connectivity index (χ0v) is 17.4. The molecule has 2 heterocycles. The van der Waals surface area contributed by atoms with Crippen molar-refractivity contribution in [3.05, 3.63) is 53.5 Å². The molecule has 1 fully saturated rings. The Bertz CT molecular complexity index is 917. The molecule has 1 saturated heterocycles. The van der Waals surface area contributed by atoms with Crippen molar-refractivity contribution in [2.24, 2.45) is 0 Å². The van der Waals surface area contributed by atoms with Crippen LogP contribution in [0.4, 0.5) is 0 Å². The molecule has 0 radical (unpaired) electrons. The minimum atomic E-state index is -3.54. The maximum atomic E-state index is 12.9. The number of carbonyl (C=O) groups excluding carboxylic acids is 1. The first-order valence-corrected chi connectivity index (χ1v) is 10.9. The van der Waals surface area contributed by atoms with Crippen LogP contribution in [0.5, 0.6) is 0 Å². The van der Waals surface area contributed by atoms with E-state index in [1.165, 1.54) is 4.31 Å². The number of rotatable bonds is 6. The standard InChI is InChI=1S/C20H27N3O4S/c1-15-6-7-19(16(2)13-15)28(25,26)23-10-8-22(9-11-23)20(24)14-21-17(3)18-5-4-12-27-18/h4-7,12-13,17,21H,8-11,14H2,1-3H3/p+1/t17-/m1/s1. The summed E-state index contributed by atoms with van der Waals surface area (Å²) in [6.07, 6.45) is 1.62. The number of hydrogen-bond donors (Lipinski definition) is 1. The Morgan fingerprint density at radius 1 is 1.18 bits per heavy atom. The Balaban J connectivity index is 1.55. The largest absolute Gasteiger partial charge is 0.463 e. The number of furan rings is 1. The second kappa shape index (κ2) is 8.46. The normalized spacial score (nSPS) is 16.9. The van der Waals surface area contributed by atoms with Crippen LogP contribution in [0.2, 0.25) is 0 Å². The summed E-state index contributed by atoms with van der Waals surface area (Å²) in [4.78, 5) is 14.6. The third-order valence-corrected chi connectivity index (χ3v) is 7.24. The summed E-state index contributed by atoms with van der Waals surface area (Å²) in [6, 6.07) is 9.14. The summed E-state index contributed by atoms with van der Waals surface area (Å²) < 4.78 is 32.7. The van der Waals surface area contributed by atoms with Crippen LogP contribution in [0.1, 0.15) is 29.9 Å². The van der Waals surface area contributed by atoms with Gasteiger partial charge < -0.3 is 14.6 Å². The Hall–Kier alpha value is -2.16. The van der Waals surface area contributed by atoms with E-state index < -0.39 is 10.0 Å². The van der Waals surface area contributed by atoms with Crippen LogP contribution >= 0.6 is 0 Å². The van der Waals surface area contributed by atoms with Crippen LogP contribution in [0.15, 0.2) is 45.9 Å². The lowest BCUT2D eigenvalue weighted by molar-refractivity contribution is -0.685. The highest BCUT2D eigenvalue weighted by molar-refractivity contribution is 7.89. The zero-order valence-electron chi connectivity index (χ0n) is 16.6. The molecule has 1 atom stereocenters. The van der Waals surface area contributed by atoms with Crippen LogP contribution in [0, 0.1) is 13.8 Å². The Morgan fingerprint density at radius 3 is 2.50 bits per heavy atom. The molecule has 0 saturated carbocycles. The van der Waals surface area contributed by atoms with Crippen molar-refractivity contribution >= 4 is 15.9 Å². The number of amides is 1. The highest BCUT2D eigenvalue weighted by Crippen LogP contribution is 2.22. The van der Waals surface area contributed by atoms with E-state index in [0.717, 1.165) is 16.9 Å². The Labute approximate surface area is 166 Å². The number of carbonyl (C=O) groups is 1. The molecule has 1 aliphatic heterocycles. The third-order valence-electron chi connectivity index (χ3n) is 5.18. The van der Waals surface area contributed by atoms with Gasteiger partial charge in [-0.1, -0.05) is 17.7 Å². The average Bonchev–Trinajstić information content (AvgIpc) is 3.20. The molecule has 2 N–H and O–H groups in total. The van der Waals surface area contributed by atoms with Crippen molar-refractivity contribution in [2.45, 2.75) is 31.7 Å². The molecule has 8 heteroatoms. The summed E-state index contributed by atoms with van der Waals surface area (Å²) in [5.74, 6) is 0.846. The monoisotopic (exact) mass is 406 g/mol. The van der Waals surface area contributed by atoms with E-state index >= 15 is 0 Å². The van der Waals surface area contributed by atoms with E-state index in [0.29, 0.717) is 37.6 Å². The van der Waals surface area contributed by atoms with Gasteiger partial charge in [0.25, 0.3) is 5.91 Å². The van der Waals surface area contributed by atoms with Gasteiger partial charge in [0.05, 0.1) is 11.2 Å². The number of benzene rings is 1. The summed E-state index contributed by atoms with van der Waals surface area (Å²) in [5.41, 5.74) is 1.78. The molecule has 0 aliphatic carbocycles. The predicted molar refractivity (Wildman–Crippen MR) is 105 cm³/mol. The number of quaternary nitrogens is 1. The number of hydrogen-bond acceptors (Lipinski definition) is 4. The van der Waals surface area contributed by atoms with Crippen LogP contribution in [0.3, 0.4) is 0 Å². The van der Waals surface area contributed by atoms with E-state index in [2.05, 4.69) is 0 Å². The van der Waals surface area contributed by atoms with Crippen molar-refractivity contribution in [1.29, 1.82) is 0 Å². The molecule has 3 rings (SSSR count). The van der Waals surface area contributed by atoms with Gasteiger partial charge in [0.15, 0.2) is 12.3 Å². The fraction of sp³-hybridized carbons (Fsp3) is 0.450. The van der Waals surface area contributed by atoms with Gasteiger partial charge in [-0.15, -0.1) is 0 Å². The van der Waals surface area contributed by atoms with Gasteiger partial charge in [0, 0.05) is 26.2 Å². The summed E-state index contributed by atoms with van der Waals surface area (Å²) in [5, 5.41) is 1.93. The van der Waals surface area contributed by atoms with Gasteiger partial charge in [0.2, 0.25) is 10.0 Å². The lowest BCUT2D eigenvalue weighted by Gasteiger charge is -2.34. The lowest BCUT2D eigenvalue weighted by atomic mass is 10.2. The number of aryl methyl sites for hydroxylation is 2. The molecule has 152 valence electrons. The molecule has 1 aliphatic rings.